The molecular formula is C23H24P2. The summed E-state index contributed by atoms with van der Waals surface area (Å²) in [6.45, 7) is 0. The first-order chi connectivity index (χ1) is 12.4. The largest absolute Gasteiger partial charge is 0.132 e. The van der Waals surface area contributed by atoms with E-state index in [9.17, 15) is 0 Å². The average molecular weight is 362 g/mol. The lowest BCUT2D eigenvalue weighted by molar-refractivity contribution is 0.446. The summed E-state index contributed by atoms with van der Waals surface area (Å²) in [7, 11) is 1.71. The highest BCUT2D eigenvalue weighted by Gasteiger charge is 2.35. The van der Waals surface area contributed by atoms with E-state index in [4.69, 9.17) is 0 Å². The van der Waals surface area contributed by atoms with E-state index in [0.717, 1.165) is 16.4 Å². The number of hydrogen-bond acceptors (Lipinski definition) is 0. The molecule has 25 heavy (non-hydrogen) atoms. The highest BCUT2D eigenvalue weighted by atomic mass is 31.0. The van der Waals surface area contributed by atoms with E-state index in [1.807, 2.05) is 0 Å². The smallest absolute Gasteiger partial charge is 0.0203 e. The van der Waals surface area contributed by atoms with E-state index in [1.54, 1.807) is 11.1 Å². The third-order valence-electron chi connectivity index (χ3n) is 6.17. The van der Waals surface area contributed by atoms with Crippen molar-refractivity contribution in [2.75, 3.05) is 0 Å². The Balaban J connectivity index is 1.72. The molecule has 2 aromatic heterocycles. The summed E-state index contributed by atoms with van der Waals surface area (Å²) in [5, 5.41) is 5.96. The van der Waals surface area contributed by atoms with Gasteiger partial charge in [-0.1, -0.05) is 62.1 Å². The van der Waals surface area contributed by atoms with Gasteiger partial charge in [0.2, 0.25) is 0 Å². The van der Waals surface area contributed by atoms with Crippen LogP contribution >= 0.6 is 16.4 Å². The van der Waals surface area contributed by atoms with Crippen molar-refractivity contribution < 1.29 is 0 Å². The summed E-state index contributed by atoms with van der Waals surface area (Å²) in [6, 6.07) is 19.3. The van der Waals surface area contributed by atoms with Crippen LogP contribution in [0.4, 0.5) is 0 Å². The standard InChI is InChI=1S/C23H24P2/c1-2-4-12-23(11-3-1,19-5-7-21-17(15-19)9-13-24-21)20-6-8-22-18(16-20)10-14-25-22/h5-10,13-16,24-25H,1-4,11-12H2. The summed E-state index contributed by atoms with van der Waals surface area (Å²) < 4.78 is 0. The van der Waals surface area contributed by atoms with Gasteiger partial charge in [0.05, 0.1) is 0 Å². The summed E-state index contributed by atoms with van der Waals surface area (Å²) in [4.78, 5) is 0. The van der Waals surface area contributed by atoms with Crippen LogP contribution in [0.1, 0.15) is 49.7 Å². The van der Waals surface area contributed by atoms with Crippen molar-refractivity contribution in [3.05, 3.63) is 71.3 Å². The third-order valence-corrected chi connectivity index (χ3v) is 8.37. The van der Waals surface area contributed by atoms with Crippen LogP contribution in [-0.4, -0.2) is 0 Å². The molecule has 0 radical (unpaired) electrons. The second kappa shape index (κ2) is 6.35. The molecule has 1 aliphatic rings. The Hall–Kier alpha value is -1.48. The first-order valence-corrected chi connectivity index (χ1v) is 11.7. The van der Waals surface area contributed by atoms with Gasteiger partial charge in [0, 0.05) is 5.41 Å². The van der Waals surface area contributed by atoms with E-state index in [1.165, 1.54) is 59.5 Å². The summed E-state index contributed by atoms with van der Waals surface area (Å²) in [6.07, 6.45) is 8.07. The van der Waals surface area contributed by atoms with E-state index in [2.05, 4.69) is 60.1 Å². The van der Waals surface area contributed by atoms with E-state index in [-0.39, 0.29) is 5.41 Å². The zero-order chi connectivity index (χ0) is 16.7. The monoisotopic (exact) mass is 362 g/mol. The molecule has 2 aromatic carbocycles. The zero-order valence-electron chi connectivity index (χ0n) is 14.5. The van der Waals surface area contributed by atoms with Gasteiger partial charge in [0.25, 0.3) is 0 Å². The van der Waals surface area contributed by atoms with Gasteiger partial charge in [-0.2, -0.15) is 0 Å². The lowest BCUT2D eigenvalue weighted by Crippen LogP contribution is -2.27. The molecule has 1 aliphatic carbocycles. The van der Waals surface area contributed by atoms with Crippen LogP contribution in [0.15, 0.2) is 60.1 Å². The maximum Gasteiger partial charge on any atom is 0.0203 e. The van der Waals surface area contributed by atoms with Crippen molar-refractivity contribution in [3.63, 3.8) is 0 Å². The van der Waals surface area contributed by atoms with E-state index in [0.29, 0.717) is 0 Å². The van der Waals surface area contributed by atoms with E-state index < -0.39 is 0 Å². The van der Waals surface area contributed by atoms with Crippen LogP contribution in [0, 0.1) is 0 Å². The molecule has 0 nitrogen and oxygen atoms in total. The minimum absolute atomic E-state index is 0.208. The maximum atomic E-state index is 2.50. The molecule has 0 N–H and O–H groups in total. The predicted octanol–water partition coefficient (Wildman–Crippen LogP) is 7.70. The second-order valence-electron chi connectivity index (χ2n) is 7.56. The van der Waals surface area contributed by atoms with E-state index >= 15 is 0 Å². The first kappa shape index (κ1) is 15.7. The molecule has 0 spiro atoms. The van der Waals surface area contributed by atoms with Crippen molar-refractivity contribution in [3.8, 4) is 0 Å². The van der Waals surface area contributed by atoms with Crippen molar-refractivity contribution in [2.24, 2.45) is 0 Å². The SMILES string of the molecule is c1cc2cc(C3(c4ccc5[pH]ccc5c4)CCCCCC3)ccc2[pH]1. The zero-order valence-corrected chi connectivity index (χ0v) is 16.5. The van der Waals surface area contributed by atoms with Gasteiger partial charge >= 0.3 is 0 Å². The second-order valence-corrected chi connectivity index (χ2v) is 9.88. The van der Waals surface area contributed by atoms with Crippen LogP contribution in [-0.2, 0) is 5.41 Å². The minimum atomic E-state index is 0.208. The molecule has 4 aromatic rings. The fourth-order valence-corrected chi connectivity index (χ4v) is 6.67. The Morgan fingerprint density at radius 1 is 0.600 bits per heavy atom. The molecule has 126 valence electrons. The number of fused-ring (bicyclic) bond motifs is 2. The predicted molar refractivity (Wildman–Crippen MR) is 115 cm³/mol. The quantitative estimate of drug-likeness (QED) is 0.321. The lowest BCUT2D eigenvalue weighted by Gasteiger charge is -2.34. The Bertz CT molecular complexity index is 937. The Morgan fingerprint density at radius 3 is 1.64 bits per heavy atom. The molecule has 0 aliphatic heterocycles. The van der Waals surface area contributed by atoms with Crippen LogP contribution in [0.2, 0.25) is 0 Å². The van der Waals surface area contributed by atoms with Crippen LogP contribution < -0.4 is 0 Å². The van der Waals surface area contributed by atoms with Gasteiger partial charge in [-0.25, -0.2) is 0 Å². The normalized spacial score (nSPS) is 18.4. The van der Waals surface area contributed by atoms with Crippen molar-refractivity contribution in [1.29, 1.82) is 0 Å². The topological polar surface area (TPSA) is 0 Å². The van der Waals surface area contributed by atoms with Crippen LogP contribution in [0.25, 0.3) is 21.0 Å². The van der Waals surface area contributed by atoms with Gasteiger partial charge in [-0.15, -0.1) is 16.4 Å². The van der Waals surface area contributed by atoms with Crippen LogP contribution in [0.5, 0.6) is 0 Å². The molecule has 2 unspecified atom stereocenters. The highest BCUT2D eigenvalue weighted by molar-refractivity contribution is 7.36. The maximum absolute atomic E-state index is 2.50. The average Bonchev–Trinajstić information content (AvgIpc) is 3.24. The molecular weight excluding hydrogens is 338 g/mol. The fourth-order valence-electron chi connectivity index (χ4n) is 4.78. The van der Waals surface area contributed by atoms with Gasteiger partial charge in [0.15, 0.2) is 0 Å². The number of benzene rings is 2. The van der Waals surface area contributed by atoms with Crippen LogP contribution in [0.3, 0.4) is 0 Å². The van der Waals surface area contributed by atoms with Crippen molar-refractivity contribution in [2.45, 2.75) is 43.9 Å². The van der Waals surface area contributed by atoms with Gasteiger partial charge in [-0.05, 0) is 68.7 Å². The Morgan fingerprint density at radius 2 is 1.12 bits per heavy atom. The molecule has 0 amide bonds. The van der Waals surface area contributed by atoms with Gasteiger partial charge in [-0.3, -0.25) is 0 Å². The van der Waals surface area contributed by atoms with Gasteiger partial charge in [0.1, 0.15) is 0 Å². The molecule has 2 heteroatoms. The lowest BCUT2D eigenvalue weighted by atomic mass is 9.69. The first-order valence-electron chi connectivity index (χ1n) is 9.50. The number of hydrogen-bond donors (Lipinski definition) is 0. The molecule has 2 heterocycles. The van der Waals surface area contributed by atoms with Crippen molar-refractivity contribution >= 4 is 37.4 Å². The molecule has 0 saturated heterocycles. The highest BCUT2D eigenvalue weighted by Crippen LogP contribution is 2.46. The summed E-state index contributed by atoms with van der Waals surface area (Å²) in [5.41, 5.74) is 3.31. The minimum Gasteiger partial charge on any atom is -0.132 e. The van der Waals surface area contributed by atoms with Gasteiger partial charge < -0.3 is 0 Å². The molecule has 1 saturated carbocycles. The summed E-state index contributed by atoms with van der Waals surface area (Å²) >= 11 is 0. The number of rotatable bonds is 2. The molecule has 2 atom stereocenters. The Labute approximate surface area is 152 Å². The molecule has 1 fully saturated rings. The van der Waals surface area contributed by atoms with Crippen molar-refractivity contribution in [1.82, 2.24) is 0 Å². The summed E-state index contributed by atoms with van der Waals surface area (Å²) in [5.74, 6) is 4.66. The molecule has 0 bridgehead atoms. The third kappa shape index (κ3) is 2.68. The Kier molecular flexibility index (Phi) is 4.00. The molecule has 5 rings (SSSR count). The fraction of sp³-hybridized carbons (Fsp3) is 0.304.